The molecule has 1 aliphatic rings. The van der Waals surface area contributed by atoms with Crippen molar-refractivity contribution < 1.29 is 9.53 Å². The number of nitrogens with one attached hydrogen (secondary N) is 1. The summed E-state index contributed by atoms with van der Waals surface area (Å²) in [6, 6.07) is 9.41. The summed E-state index contributed by atoms with van der Waals surface area (Å²) >= 11 is 6.14. The molecule has 1 atom stereocenters. The molecular formula is C20H20ClN3O2. The van der Waals surface area contributed by atoms with Gasteiger partial charge in [-0.05, 0) is 55.7 Å². The van der Waals surface area contributed by atoms with E-state index in [0.717, 1.165) is 29.9 Å². The zero-order valence-corrected chi connectivity index (χ0v) is 15.5. The molecule has 0 radical (unpaired) electrons. The number of amides is 1. The second-order valence-electron chi connectivity index (χ2n) is 6.72. The van der Waals surface area contributed by atoms with Crippen LogP contribution in [0, 0.1) is 12.8 Å². The van der Waals surface area contributed by atoms with Gasteiger partial charge in [-0.25, -0.2) is 4.98 Å². The summed E-state index contributed by atoms with van der Waals surface area (Å²) in [4.78, 5) is 17.5. The van der Waals surface area contributed by atoms with E-state index in [1.165, 1.54) is 5.56 Å². The molecule has 3 aromatic rings. The molecular weight excluding hydrogens is 350 g/mol. The first-order chi connectivity index (χ1) is 12.5. The van der Waals surface area contributed by atoms with Crippen molar-refractivity contribution in [3.63, 3.8) is 0 Å². The number of hydrogen-bond acceptors (Lipinski definition) is 3. The van der Waals surface area contributed by atoms with Gasteiger partial charge < -0.3 is 14.5 Å². The Balaban J connectivity index is 1.54. The lowest BCUT2D eigenvalue weighted by molar-refractivity contribution is -0.120. The minimum absolute atomic E-state index is 0.0129. The van der Waals surface area contributed by atoms with Crippen molar-refractivity contribution in [3.8, 4) is 5.75 Å². The van der Waals surface area contributed by atoms with Crippen LogP contribution in [0.4, 0.5) is 5.69 Å². The monoisotopic (exact) mass is 369 g/mol. The number of imidazole rings is 1. The van der Waals surface area contributed by atoms with Crippen molar-refractivity contribution in [3.05, 3.63) is 58.5 Å². The first-order valence-corrected chi connectivity index (χ1v) is 9.04. The van der Waals surface area contributed by atoms with Gasteiger partial charge >= 0.3 is 0 Å². The van der Waals surface area contributed by atoms with Crippen LogP contribution in [-0.2, 0) is 17.6 Å². The highest BCUT2D eigenvalue weighted by Crippen LogP contribution is 2.30. The molecule has 0 spiro atoms. The number of pyridine rings is 1. The number of hydrogen-bond donors (Lipinski definition) is 1. The van der Waals surface area contributed by atoms with Crippen molar-refractivity contribution in [1.29, 1.82) is 0 Å². The number of ether oxygens (including phenoxy) is 1. The van der Waals surface area contributed by atoms with Crippen LogP contribution < -0.4 is 10.1 Å². The van der Waals surface area contributed by atoms with Crippen molar-refractivity contribution >= 4 is 28.8 Å². The highest BCUT2D eigenvalue weighted by Gasteiger charge is 2.28. The summed E-state index contributed by atoms with van der Waals surface area (Å²) in [7, 11) is 1.57. The number of anilines is 1. The maximum atomic E-state index is 12.7. The molecule has 1 amide bonds. The summed E-state index contributed by atoms with van der Waals surface area (Å²) < 4.78 is 7.25. The van der Waals surface area contributed by atoms with Gasteiger partial charge in [0, 0.05) is 29.9 Å². The van der Waals surface area contributed by atoms with Gasteiger partial charge in [-0.1, -0.05) is 11.6 Å². The van der Waals surface area contributed by atoms with Crippen molar-refractivity contribution in [1.82, 2.24) is 9.38 Å². The number of aromatic nitrogens is 2. The minimum atomic E-state index is -0.0791. The van der Waals surface area contributed by atoms with E-state index in [1.54, 1.807) is 25.3 Å². The van der Waals surface area contributed by atoms with Gasteiger partial charge in [0.1, 0.15) is 11.4 Å². The Bertz CT molecular complexity index is 996. The third kappa shape index (κ3) is 3.03. The lowest BCUT2D eigenvalue weighted by atomic mass is 9.89. The second kappa shape index (κ2) is 6.65. The number of halogens is 1. The van der Waals surface area contributed by atoms with E-state index in [1.807, 2.05) is 6.20 Å². The van der Waals surface area contributed by atoms with Crippen LogP contribution in [0.3, 0.4) is 0 Å². The summed E-state index contributed by atoms with van der Waals surface area (Å²) in [5.74, 6) is 0.525. The Morgan fingerprint density at radius 1 is 1.35 bits per heavy atom. The van der Waals surface area contributed by atoms with Gasteiger partial charge in [0.25, 0.3) is 0 Å². The Kier molecular flexibility index (Phi) is 4.32. The summed E-state index contributed by atoms with van der Waals surface area (Å²) in [6.45, 7) is 2.06. The predicted molar refractivity (Wildman–Crippen MR) is 102 cm³/mol. The van der Waals surface area contributed by atoms with E-state index < -0.39 is 0 Å². The van der Waals surface area contributed by atoms with E-state index in [9.17, 15) is 4.79 Å². The Hall–Kier alpha value is -2.53. The molecule has 26 heavy (non-hydrogen) atoms. The zero-order valence-electron chi connectivity index (χ0n) is 14.8. The fourth-order valence-corrected chi connectivity index (χ4v) is 3.78. The molecule has 1 N–H and O–H groups in total. The quantitative estimate of drug-likeness (QED) is 0.757. The van der Waals surface area contributed by atoms with Gasteiger partial charge in [-0.2, -0.15) is 0 Å². The Morgan fingerprint density at radius 3 is 2.96 bits per heavy atom. The van der Waals surface area contributed by atoms with Crippen LogP contribution in [-0.4, -0.2) is 22.4 Å². The first kappa shape index (κ1) is 16.9. The van der Waals surface area contributed by atoms with Crippen LogP contribution in [0.5, 0.6) is 5.75 Å². The molecule has 0 bridgehead atoms. The van der Waals surface area contributed by atoms with Crippen LogP contribution in [0.2, 0.25) is 5.02 Å². The number of benzene rings is 1. The molecule has 4 rings (SSSR count). The fourth-order valence-electron chi connectivity index (χ4n) is 3.52. The van der Waals surface area contributed by atoms with E-state index in [-0.39, 0.29) is 11.8 Å². The van der Waals surface area contributed by atoms with Gasteiger partial charge in [0.2, 0.25) is 5.91 Å². The lowest BCUT2D eigenvalue weighted by Crippen LogP contribution is -2.28. The van der Waals surface area contributed by atoms with Crippen LogP contribution in [0.1, 0.15) is 23.4 Å². The predicted octanol–water partition coefficient (Wildman–Crippen LogP) is 4.05. The highest BCUT2D eigenvalue weighted by molar-refractivity contribution is 6.32. The van der Waals surface area contributed by atoms with Gasteiger partial charge in [0.05, 0.1) is 17.8 Å². The molecule has 0 saturated heterocycles. The molecule has 2 heterocycles. The first-order valence-electron chi connectivity index (χ1n) is 8.66. The zero-order chi connectivity index (χ0) is 18.3. The van der Waals surface area contributed by atoms with Crippen molar-refractivity contribution in [2.24, 2.45) is 5.92 Å². The third-order valence-electron chi connectivity index (χ3n) is 4.92. The number of nitrogens with zero attached hydrogens (tertiary/aromatic N) is 2. The van der Waals surface area contributed by atoms with E-state index in [4.69, 9.17) is 21.3 Å². The normalized spacial score (nSPS) is 16.3. The molecule has 0 fully saturated rings. The van der Waals surface area contributed by atoms with Gasteiger partial charge in [-0.15, -0.1) is 0 Å². The number of methoxy groups -OCH3 is 1. The molecule has 0 saturated carbocycles. The molecule has 2 aromatic heterocycles. The topological polar surface area (TPSA) is 55.6 Å². The van der Waals surface area contributed by atoms with Gasteiger partial charge in [0.15, 0.2) is 0 Å². The number of fused-ring (bicyclic) bond motifs is 3. The van der Waals surface area contributed by atoms with Crippen LogP contribution in [0.15, 0.2) is 36.5 Å². The maximum Gasteiger partial charge on any atom is 0.227 e. The molecule has 1 aromatic carbocycles. The van der Waals surface area contributed by atoms with Crippen molar-refractivity contribution in [2.75, 3.05) is 12.4 Å². The summed E-state index contributed by atoms with van der Waals surface area (Å²) in [5, 5.41) is 3.46. The van der Waals surface area contributed by atoms with E-state index in [2.05, 4.69) is 28.8 Å². The average Bonchev–Trinajstić information content (AvgIpc) is 2.98. The van der Waals surface area contributed by atoms with Gasteiger partial charge in [-0.3, -0.25) is 4.79 Å². The molecule has 6 heteroatoms. The Morgan fingerprint density at radius 2 is 2.19 bits per heavy atom. The number of aryl methyl sites for hydroxylation is 2. The van der Waals surface area contributed by atoms with Crippen LogP contribution >= 0.6 is 11.6 Å². The van der Waals surface area contributed by atoms with Crippen molar-refractivity contribution in [2.45, 2.75) is 26.2 Å². The standard InChI is InChI=1S/C20H20ClN3O2/c1-12-7-8-24-17-10-13(3-5-16(17)23-19(24)9-12)20(25)22-14-4-6-18(26-2)15(21)11-14/h4,6-9,11,13H,3,5,10H2,1-2H3,(H,22,25). The second-order valence-corrected chi connectivity index (χ2v) is 7.12. The van der Waals surface area contributed by atoms with Crippen LogP contribution in [0.25, 0.3) is 5.65 Å². The lowest BCUT2D eigenvalue weighted by Gasteiger charge is -2.21. The molecule has 0 aliphatic heterocycles. The highest BCUT2D eigenvalue weighted by atomic mass is 35.5. The molecule has 5 nitrogen and oxygen atoms in total. The largest absolute Gasteiger partial charge is 0.495 e. The molecule has 134 valence electrons. The molecule has 1 aliphatic carbocycles. The molecule has 1 unspecified atom stereocenters. The number of carbonyl (C=O) groups is 1. The Labute approximate surface area is 157 Å². The smallest absolute Gasteiger partial charge is 0.227 e. The third-order valence-corrected chi connectivity index (χ3v) is 5.22. The maximum absolute atomic E-state index is 12.7. The summed E-state index contributed by atoms with van der Waals surface area (Å²) in [6.07, 6.45) is 4.35. The minimum Gasteiger partial charge on any atom is -0.495 e. The fraction of sp³-hybridized carbons (Fsp3) is 0.300. The van der Waals surface area contributed by atoms with E-state index in [0.29, 0.717) is 22.9 Å². The number of carbonyl (C=O) groups excluding carboxylic acids is 1. The average molecular weight is 370 g/mol. The SMILES string of the molecule is COc1ccc(NC(=O)C2CCc3nc4cc(C)ccn4c3C2)cc1Cl. The van der Waals surface area contributed by atoms with E-state index >= 15 is 0 Å². The summed E-state index contributed by atoms with van der Waals surface area (Å²) in [5.41, 5.74) is 5.06. The number of rotatable bonds is 3.